The molecule has 0 aliphatic rings. The van der Waals surface area contributed by atoms with E-state index in [9.17, 15) is 0 Å². The van der Waals surface area contributed by atoms with Crippen LogP contribution in [0.4, 0.5) is 0 Å². The molecule has 0 saturated heterocycles. The third-order valence-electron chi connectivity index (χ3n) is 2.21. The van der Waals surface area contributed by atoms with Crippen molar-refractivity contribution in [3.8, 4) is 11.8 Å². The maximum absolute atomic E-state index is 8.85. The van der Waals surface area contributed by atoms with Gasteiger partial charge in [-0.1, -0.05) is 6.07 Å². The summed E-state index contributed by atoms with van der Waals surface area (Å²) in [6.07, 6.45) is 0. The first kappa shape index (κ1) is 12.5. The van der Waals surface area contributed by atoms with Gasteiger partial charge >= 0.3 is 0 Å². The number of hydrogen-bond acceptors (Lipinski definition) is 3. The second kappa shape index (κ2) is 5.00. The van der Waals surface area contributed by atoms with Crippen molar-refractivity contribution in [1.82, 2.24) is 5.32 Å². The minimum absolute atomic E-state index is 0.0845. The zero-order valence-electron chi connectivity index (χ0n) is 10.3. The van der Waals surface area contributed by atoms with Crippen molar-refractivity contribution in [3.05, 3.63) is 29.3 Å². The van der Waals surface area contributed by atoms with Gasteiger partial charge in [-0.3, -0.25) is 0 Å². The summed E-state index contributed by atoms with van der Waals surface area (Å²) in [5.41, 5.74) is 1.77. The van der Waals surface area contributed by atoms with E-state index in [2.05, 4.69) is 32.2 Å². The van der Waals surface area contributed by atoms with E-state index in [0.29, 0.717) is 11.3 Å². The molecule has 0 heterocycles. The Morgan fingerprint density at radius 2 is 2.06 bits per heavy atom. The fourth-order valence-corrected chi connectivity index (χ4v) is 1.31. The Kier molecular flexibility index (Phi) is 3.92. The molecule has 0 bridgehead atoms. The van der Waals surface area contributed by atoms with Gasteiger partial charge in [-0.25, -0.2) is 0 Å². The lowest BCUT2D eigenvalue weighted by molar-refractivity contribution is 0.408. The maximum Gasteiger partial charge on any atom is 0.136 e. The minimum Gasteiger partial charge on any atom is -0.495 e. The summed E-state index contributed by atoms with van der Waals surface area (Å²) in [6, 6.07) is 7.74. The van der Waals surface area contributed by atoms with Crippen molar-refractivity contribution in [2.45, 2.75) is 32.9 Å². The van der Waals surface area contributed by atoms with Crippen molar-refractivity contribution >= 4 is 0 Å². The lowest BCUT2D eigenvalue weighted by atomic mass is 10.1. The molecular formula is C13H18N2O. The highest BCUT2D eigenvalue weighted by atomic mass is 16.5. The highest BCUT2D eigenvalue weighted by molar-refractivity contribution is 5.45. The Labute approximate surface area is 97.0 Å². The average Bonchev–Trinajstić information content (AvgIpc) is 2.25. The van der Waals surface area contributed by atoms with Crippen LogP contribution < -0.4 is 10.1 Å². The molecule has 0 amide bonds. The Hall–Kier alpha value is -1.53. The molecule has 0 unspecified atom stereocenters. The second-order valence-corrected chi connectivity index (χ2v) is 4.75. The van der Waals surface area contributed by atoms with E-state index in [4.69, 9.17) is 10.00 Å². The van der Waals surface area contributed by atoms with Gasteiger partial charge in [-0.15, -0.1) is 0 Å². The van der Waals surface area contributed by atoms with E-state index in [-0.39, 0.29) is 5.54 Å². The van der Waals surface area contributed by atoms with Gasteiger partial charge in [0.25, 0.3) is 0 Å². The van der Waals surface area contributed by atoms with E-state index in [0.717, 1.165) is 12.1 Å². The molecule has 0 atom stereocenters. The van der Waals surface area contributed by atoms with Crippen molar-refractivity contribution < 1.29 is 4.74 Å². The molecule has 0 saturated carbocycles. The molecule has 3 nitrogen and oxygen atoms in total. The number of rotatable bonds is 3. The molecule has 1 N–H and O–H groups in total. The zero-order valence-corrected chi connectivity index (χ0v) is 10.3. The monoisotopic (exact) mass is 218 g/mol. The van der Waals surface area contributed by atoms with Gasteiger partial charge in [-0.2, -0.15) is 5.26 Å². The SMILES string of the molecule is COc1cc(CNC(C)(C)C)ccc1C#N. The zero-order chi connectivity index (χ0) is 12.2. The lowest BCUT2D eigenvalue weighted by Gasteiger charge is -2.20. The summed E-state index contributed by atoms with van der Waals surface area (Å²) in [6.45, 7) is 7.13. The predicted molar refractivity (Wildman–Crippen MR) is 64.3 cm³/mol. The Morgan fingerprint density at radius 3 is 2.56 bits per heavy atom. The molecule has 16 heavy (non-hydrogen) atoms. The Bertz CT molecular complexity index is 399. The molecule has 0 spiro atoms. The topological polar surface area (TPSA) is 45.0 Å². The van der Waals surface area contributed by atoms with E-state index in [1.54, 1.807) is 13.2 Å². The standard InChI is InChI=1S/C13H18N2O/c1-13(2,3)15-9-10-5-6-11(8-14)12(7-10)16-4/h5-7,15H,9H2,1-4H3. The number of ether oxygens (including phenoxy) is 1. The maximum atomic E-state index is 8.85. The van der Waals surface area contributed by atoms with Gasteiger partial charge in [0.05, 0.1) is 12.7 Å². The molecule has 0 radical (unpaired) electrons. The summed E-state index contributed by atoms with van der Waals surface area (Å²) < 4.78 is 5.16. The molecule has 1 aromatic rings. The van der Waals surface area contributed by atoms with E-state index in [1.807, 2.05) is 12.1 Å². The number of nitriles is 1. The fraction of sp³-hybridized carbons (Fsp3) is 0.462. The largest absolute Gasteiger partial charge is 0.495 e. The van der Waals surface area contributed by atoms with Crippen molar-refractivity contribution in [2.24, 2.45) is 0 Å². The van der Waals surface area contributed by atoms with Crippen LogP contribution in [0.2, 0.25) is 0 Å². The average molecular weight is 218 g/mol. The number of methoxy groups -OCH3 is 1. The van der Waals surface area contributed by atoms with E-state index < -0.39 is 0 Å². The first-order chi connectivity index (χ1) is 7.46. The molecule has 86 valence electrons. The first-order valence-electron chi connectivity index (χ1n) is 5.28. The van der Waals surface area contributed by atoms with Crippen LogP contribution in [0.3, 0.4) is 0 Å². The van der Waals surface area contributed by atoms with Gasteiger partial charge < -0.3 is 10.1 Å². The van der Waals surface area contributed by atoms with Crippen LogP contribution in [0.5, 0.6) is 5.75 Å². The quantitative estimate of drug-likeness (QED) is 0.847. The third kappa shape index (κ3) is 3.56. The van der Waals surface area contributed by atoms with Gasteiger partial charge in [0.1, 0.15) is 11.8 Å². The van der Waals surface area contributed by atoms with Gasteiger partial charge in [0, 0.05) is 12.1 Å². The molecule has 0 aromatic heterocycles. The van der Waals surface area contributed by atoms with E-state index in [1.165, 1.54) is 0 Å². The van der Waals surface area contributed by atoms with Crippen molar-refractivity contribution in [1.29, 1.82) is 5.26 Å². The van der Waals surface area contributed by atoms with Crippen LogP contribution in [-0.2, 0) is 6.54 Å². The summed E-state index contributed by atoms with van der Waals surface area (Å²) in [4.78, 5) is 0. The predicted octanol–water partition coefficient (Wildman–Crippen LogP) is 2.45. The van der Waals surface area contributed by atoms with Crippen LogP contribution >= 0.6 is 0 Å². The molecule has 0 aliphatic heterocycles. The number of benzene rings is 1. The highest BCUT2D eigenvalue weighted by Gasteiger charge is 2.09. The van der Waals surface area contributed by atoms with Crippen LogP contribution in [0.15, 0.2) is 18.2 Å². The van der Waals surface area contributed by atoms with Crippen LogP contribution in [-0.4, -0.2) is 12.6 Å². The van der Waals surface area contributed by atoms with Crippen LogP contribution in [0.1, 0.15) is 31.9 Å². The summed E-state index contributed by atoms with van der Waals surface area (Å²) in [7, 11) is 1.58. The highest BCUT2D eigenvalue weighted by Crippen LogP contribution is 2.19. The Balaban J connectivity index is 2.80. The van der Waals surface area contributed by atoms with Gasteiger partial charge in [-0.05, 0) is 38.5 Å². The normalized spacial score (nSPS) is 10.9. The molecule has 0 aliphatic carbocycles. The minimum atomic E-state index is 0.0845. The third-order valence-corrected chi connectivity index (χ3v) is 2.21. The smallest absolute Gasteiger partial charge is 0.136 e. The summed E-state index contributed by atoms with van der Waals surface area (Å²) in [5.74, 6) is 0.635. The van der Waals surface area contributed by atoms with Crippen LogP contribution in [0, 0.1) is 11.3 Å². The molecule has 0 fully saturated rings. The fourth-order valence-electron chi connectivity index (χ4n) is 1.31. The Morgan fingerprint density at radius 1 is 1.38 bits per heavy atom. The summed E-state index contributed by atoms with van der Waals surface area (Å²) in [5, 5.41) is 12.2. The van der Waals surface area contributed by atoms with Crippen molar-refractivity contribution in [2.75, 3.05) is 7.11 Å². The molecule has 1 rings (SSSR count). The summed E-state index contributed by atoms with van der Waals surface area (Å²) >= 11 is 0. The van der Waals surface area contributed by atoms with Crippen molar-refractivity contribution in [3.63, 3.8) is 0 Å². The first-order valence-corrected chi connectivity index (χ1v) is 5.28. The molecule has 1 aromatic carbocycles. The molecular weight excluding hydrogens is 200 g/mol. The van der Waals surface area contributed by atoms with E-state index >= 15 is 0 Å². The van der Waals surface area contributed by atoms with Gasteiger partial charge in [0.2, 0.25) is 0 Å². The number of nitrogens with zero attached hydrogens (tertiary/aromatic N) is 1. The number of nitrogens with one attached hydrogen (secondary N) is 1. The van der Waals surface area contributed by atoms with Crippen LogP contribution in [0.25, 0.3) is 0 Å². The van der Waals surface area contributed by atoms with Gasteiger partial charge in [0.15, 0.2) is 0 Å². The second-order valence-electron chi connectivity index (χ2n) is 4.75. The molecule has 3 heteroatoms. The number of hydrogen-bond donors (Lipinski definition) is 1. The lowest BCUT2D eigenvalue weighted by Crippen LogP contribution is -2.35.